The zero-order valence-corrected chi connectivity index (χ0v) is 9.16. The molecule has 1 aliphatic carbocycles. The third kappa shape index (κ3) is 2.61. The van der Waals surface area contributed by atoms with Gasteiger partial charge in [0.15, 0.2) is 0 Å². The summed E-state index contributed by atoms with van der Waals surface area (Å²) >= 11 is 3.72. The minimum Gasteiger partial charge on any atom is -0.383 e. The summed E-state index contributed by atoms with van der Waals surface area (Å²) in [6.45, 7) is 0. The van der Waals surface area contributed by atoms with Gasteiger partial charge in [-0.1, -0.05) is 12.8 Å². The lowest BCUT2D eigenvalue weighted by molar-refractivity contribution is 0.886. The van der Waals surface area contributed by atoms with Gasteiger partial charge < -0.3 is 5.73 Å². The molecule has 0 aliphatic heterocycles. The van der Waals surface area contributed by atoms with Crippen LogP contribution in [0.2, 0.25) is 0 Å². The zero-order valence-electron chi connectivity index (χ0n) is 7.53. The van der Waals surface area contributed by atoms with E-state index in [1.807, 2.05) is 17.1 Å². The van der Waals surface area contributed by atoms with E-state index in [2.05, 4.69) is 4.98 Å². The highest BCUT2D eigenvalue weighted by molar-refractivity contribution is 7.99. The minimum atomic E-state index is 0.673. The van der Waals surface area contributed by atoms with Crippen LogP contribution in [0, 0.1) is 0 Å². The fourth-order valence-electron chi connectivity index (χ4n) is 1.64. The molecule has 1 aliphatic rings. The van der Waals surface area contributed by atoms with E-state index in [-0.39, 0.29) is 0 Å². The number of aromatic nitrogens is 1. The molecule has 0 aromatic carbocycles. The van der Waals surface area contributed by atoms with E-state index in [9.17, 15) is 0 Å². The van der Waals surface area contributed by atoms with Crippen LogP contribution in [0.5, 0.6) is 0 Å². The molecular weight excluding hydrogens is 200 g/mol. The second-order valence-electron chi connectivity index (χ2n) is 3.38. The first-order chi connectivity index (χ1) is 6.34. The van der Waals surface area contributed by atoms with Gasteiger partial charge in [-0.15, -0.1) is 11.3 Å². The third-order valence-electron chi connectivity index (χ3n) is 2.31. The number of rotatable bonds is 3. The molecule has 2 rings (SSSR count). The van der Waals surface area contributed by atoms with E-state index in [0.717, 1.165) is 11.0 Å². The first-order valence-electron chi connectivity index (χ1n) is 4.66. The molecule has 1 aromatic heterocycles. The van der Waals surface area contributed by atoms with E-state index < -0.39 is 0 Å². The van der Waals surface area contributed by atoms with Gasteiger partial charge in [-0.3, -0.25) is 0 Å². The lowest BCUT2D eigenvalue weighted by atomic mass is 10.4. The van der Waals surface area contributed by atoms with Crippen LogP contribution in [0.1, 0.15) is 30.7 Å². The maximum absolute atomic E-state index is 5.55. The Hall–Kier alpha value is -0.220. The molecule has 0 spiro atoms. The summed E-state index contributed by atoms with van der Waals surface area (Å²) in [5.41, 5.74) is 5.55. The third-order valence-corrected chi connectivity index (χ3v) is 4.75. The van der Waals surface area contributed by atoms with Crippen molar-refractivity contribution < 1.29 is 0 Å². The van der Waals surface area contributed by atoms with Crippen LogP contribution in [0.3, 0.4) is 0 Å². The lowest BCUT2D eigenvalue weighted by Gasteiger charge is -2.05. The van der Waals surface area contributed by atoms with Crippen molar-refractivity contribution in [1.82, 2.24) is 4.98 Å². The van der Waals surface area contributed by atoms with Crippen molar-refractivity contribution in [3.63, 3.8) is 0 Å². The molecule has 2 nitrogen and oxygen atoms in total. The summed E-state index contributed by atoms with van der Waals surface area (Å²) in [5, 5.41) is 3.98. The number of hydrogen-bond acceptors (Lipinski definition) is 4. The largest absolute Gasteiger partial charge is 0.383 e. The molecule has 0 bridgehead atoms. The monoisotopic (exact) mass is 214 g/mol. The van der Waals surface area contributed by atoms with Gasteiger partial charge in [0.1, 0.15) is 10.8 Å². The molecule has 0 amide bonds. The van der Waals surface area contributed by atoms with E-state index in [1.165, 1.54) is 30.7 Å². The number of thioether (sulfide) groups is 1. The quantitative estimate of drug-likeness (QED) is 0.841. The van der Waals surface area contributed by atoms with Crippen molar-refractivity contribution in [1.29, 1.82) is 0 Å². The van der Waals surface area contributed by atoms with Gasteiger partial charge in [0.05, 0.1) is 0 Å². The molecule has 1 aromatic rings. The highest BCUT2D eigenvalue weighted by atomic mass is 32.2. The smallest absolute Gasteiger partial charge is 0.134 e. The number of hydrogen-bond donors (Lipinski definition) is 1. The van der Waals surface area contributed by atoms with Crippen LogP contribution in [-0.2, 0) is 5.75 Å². The number of nitrogens with zero attached hydrogens (tertiary/aromatic N) is 1. The first-order valence-corrected chi connectivity index (χ1v) is 6.59. The molecule has 0 unspecified atom stereocenters. The highest BCUT2D eigenvalue weighted by Crippen LogP contribution is 2.32. The van der Waals surface area contributed by atoms with Crippen molar-refractivity contribution >= 4 is 28.9 Å². The topological polar surface area (TPSA) is 38.9 Å². The van der Waals surface area contributed by atoms with Crippen molar-refractivity contribution in [2.75, 3.05) is 5.73 Å². The van der Waals surface area contributed by atoms with E-state index in [1.54, 1.807) is 11.3 Å². The van der Waals surface area contributed by atoms with Gasteiger partial charge in [-0.2, -0.15) is 11.8 Å². The van der Waals surface area contributed by atoms with Crippen LogP contribution >= 0.6 is 23.1 Å². The average molecular weight is 214 g/mol. The van der Waals surface area contributed by atoms with Crippen molar-refractivity contribution in [3.05, 3.63) is 10.4 Å². The van der Waals surface area contributed by atoms with Crippen LogP contribution < -0.4 is 5.73 Å². The Balaban J connectivity index is 1.78. The molecule has 13 heavy (non-hydrogen) atoms. The molecular formula is C9H14N2S2. The first kappa shape index (κ1) is 9.34. The fraction of sp³-hybridized carbons (Fsp3) is 0.667. The number of thiazole rings is 1. The van der Waals surface area contributed by atoms with Crippen LogP contribution in [0.4, 0.5) is 5.82 Å². The number of nitrogens with two attached hydrogens (primary N) is 1. The molecule has 1 saturated carbocycles. The Morgan fingerprint density at radius 1 is 1.54 bits per heavy atom. The summed E-state index contributed by atoms with van der Waals surface area (Å²) in [6.07, 6.45) is 5.62. The van der Waals surface area contributed by atoms with Gasteiger partial charge in [0, 0.05) is 16.4 Å². The van der Waals surface area contributed by atoms with Crippen molar-refractivity contribution in [3.8, 4) is 0 Å². The van der Waals surface area contributed by atoms with Crippen LogP contribution in [0.15, 0.2) is 5.38 Å². The lowest BCUT2D eigenvalue weighted by Crippen LogP contribution is -1.94. The molecule has 1 heterocycles. The normalized spacial score (nSPS) is 18.2. The maximum atomic E-state index is 5.55. The molecule has 4 heteroatoms. The number of nitrogen functional groups attached to an aromatic ring is 1. The zero-order chi connectivity index (χ0) is 9.10. The van der Waals surface area contributed by atoms with E-state index in [4.69, 9.17) is 5.73 Å². The van der Waals surface area contributed by atoms with Gasteiger partial charge >= 0.3 is 0 Å². The molecule has 1 fully saturated rings. The second-order valence-corrected chi connectivity index (χ2v) is 5.61. The summed E-state index contributed by atoms with van der Waals surface area (Å²) in [6, 6.07) is 0. The molecule has 72 valence electrons. The van der Waals surface area contributed by atoms with E-state index in [0.29, 0.717) is 5.82 Å². The van der Waals surface area contributed by atoms with Gasteiger partial charge in [0.25, 0.3) is 0 Å². The molecule has 0 saturated heterocycles. The van der Waals surface area contributed by atoms with Gasteiger partial charge in [-0.25, -0.2) is 4.98 Å². The van der Waals surface area contributed by atoms with Crippen LogP contribution in [0.25, 0.3) is 0 Å². The molecule has 0 radical (unpaired) electrons. The Morgan fingerprint density at radius 3 is 2.92 bits per heavy atom. The molecule has 2 N–H and O–H groups in total. The average Bonchev–Trinajstić information content (AvgIpc) is 2.71. The molecule has 0 atom stereocenters. The van der Waals surface area contributed by atoms with Crippen LogP contribution in [-0.4, -0.2) is 10.2 Å². The Kier molecular flexibility index (Phi) is 3.11. The SMILES string of the molecule is Nc1csc(CSC2CCCC2)n1. The van der Waals surface area contributed by atoms with Gasteiger partial charge in [-0.05, 0) is 12.8 Å². The Morgan fingerprint density at radius 2 is 2.31 bits per heavy atom. The highest BCUT2D eigenvalue weighted by Gasteiger charge is 2.15. The summed E-state index contributed by atoms with van der Waals surface area (Å²) in [4.78, 5) is 4.25. The predicted molar refractivity (Wildman–Crippen MR) is 60.1 cm³/mol. The fourth-order valence-corrected chi connectivity index (χ4v) is 3.69. The standard InChI is InChI=1S/C9H14N2S2/c10-8-5-13-9(11-8)6-12-7-3-1-2-4-7/h5,7H,1-4,6,10H2. The van der Waals surface area contributed by atoms with Crippen molar-refractivity contribution in [2.24, 2.45) is 0 Å². The summed E-state index contributed by atoms with van der Waals surface area (Å²) in [5.74, 6) is 1.72. The summed E-state index contributed by atoms with van der Waals surface area (Å²) < 4.78 is 0. The van der Waals surface area contributed by atoms with E-state index >= 15 is 0 Å². The van der Waals surface area contributed by atoms with Crippen molar-refractivity contribution in [2.45, 2.75) is 36.7 Å². The maximum Gasteiger partial charge on any atom is 0.134 e. The predicted octanol–water partition coefficient (Wildman–Crippen LogP) is 2.90. The van der Waals surface area contributed by atoms with Gasteiger partial charge in [0.2, 0.25) is 0 Å². The minimum absolute atomic E-state index is 0.673. The Bertz CT molecular complexity index is 266. The Labute approximate surface area is 86.9 Å². The summed E-state index contributed by atoms with van der Waals surface area (Å²) in [7, 11) is 0. The second kappa shape index (κ2) is 4.33. The number of anilines is 1.